The standard InChI is InChI=1S/C17H16N4O2S2/c22-16(11-24-17-21-20-12-25-17)19-9-13-4-3-6-15(8-13)23-10-14-5-1-2-7-18-14/h1-8,12H,9-11H2,(H,19,22). The minimum absolute atomic E-state index is 0.0417. The largest absolute Gasteiger partial charge is 0.487 e. The first kappa shape index (κ1) is 17.4. The minimum atomic E-state index is -0.0417. The summed E-state index contributed by atoms with van der Waals surface area (Å²) in [6, 6.07) is 13.4. The number of carbonyl (C=O) groups is 1. The third-order valence-corrected chi connectivity index (χ3v) is 5.03. The predicted octanol–water partition coefficient (Wildman–Crippen LogP) is 2.92. The van der Waals surface area contributed by atoms with Gasteiger partial charge in [0.15, 0.2) is 4.34 Å². The molecule has 0 saturated carbocycles. The molecule has 128 valence electrons. The van der Waals surface area contributed by atoms with Gasteiger partial charge in [-0.2, -0.15) is 0 Å². The van der Waals surface area contributed by atoms with E-state index in [0.29, 0.717) is 18.9 Å². The van der Waals surface area contributed by atoms with Crippen LogP contribution in [-0.2, 0) is 17.9 Å². The van der Waals surface area contributed by atoms with E-state index in [-0.39, 0.29) is 5.91 Å². The van der Waals surface area contributed by atoms with E-state index in [9.17, 15) is 4.79 Å². The Hall–Kier alpha value is -2.45. The summed E-state index contributed by atoms with van der Waals surface area (Å²) in [4.78, 5) is 16.1. The zero-order chi connectivity index (χ0) is 17.3. The molecule has 0 atom stereocenters. The van der Waals surface area contributed by atoms with E-state index in [4.69, 9.17) is 4.74 Å². The molecule has 0 radical (unpaired) electrons. The van der Waals surface area contributed by atoms with Crippen LogP contribution in [0.3, 0.4) is 0 Å². The highest BCUT2D eigenvalue weighted by Crippen LogP contribution is 2.18. The van der Waals surface area contributed by atoms with E-state index in [1.165, 1.54) is 23.1 Å². The van der Waals surface area contributed by atoms with Crippen molar-refractivity contribution in [2.75, 3.05) is 5.75 Å². The fraction of sp³-hybridized carbons (Fsp3) is 0.176. The van der Waals surface area contributed by atoms with E-state index < -0.39 is 0 Å². The van der Waals surface area contributed by atoms with E-state index in [0.717, 1.165) is 21.3 Å². The Morgan fingerprint density at radius 1 is 1.24 bits per heavy atom. The number of aromatic nitrogens is 3. The van der Waals surface area contributed by atoms with Crippen molar-refractivity contribution in [3.63, 3.8) is 0 Å². The predicted molar refractivity (Wildman–Crippen MR) is 97.5 cm³/mol. The molecule has 1 aromatic carbocycles. The van der Waals surface area contributed by atoms with Crippen LogP contribution in [0.5, 0.6) is 5.75 Å². The number of pyridine rings is 1. The maximum Gasteiger partial charge on any atom is 0.230 e. The van der Waals surface area contributed by atoms with Gasteiger partial charge in [0.05, 0.1) is 11.4 Å². The molecular weight excluding hydrogens is 356 g/mol. The number of thioether (sulfide) groups is 1. The van der Waals surface area contributed by atoms with Crippen LogP contribution >= 0.6 is 23.1 Å². The highest BCUT2D eigenvalue weighted by molar-refractivity contribution is 8.01. The molecule has 3 aromatic rings. The maximum absolute atomic E-state index is 11.9. The summed E-state index contributed by atoms with van der Waals surface area (Å²) in [5.74, 6) is 1.03. The number of nitrogens with one attached hydrogen (secondary N) is 1. The smallest absolute Gasteiger partial charge is 0.230 e. The normalized spacial score (nSPS) is 10.4. The summed E-state index contributed by atoms with van der Waals surface area (Å²) < 4.78 is 6.53. The van der Waals surface area contributed by atoms with E-state index >= 15 is 0 Å². The second-order valence-electron chi connectivity index (χ2n) is 5.03. The van der Waals surface area contributed by atoms with Crippen molar-refractivity contribution in [2.45, 2.75) is 17.5 Å². The third kappa shape index (κ3) is 5.84. The summed E-state index contributed by atoms with van der Waals surface area (Å²) in [7, 11) is 0. The Balaban J connectivity index is 1.45. The van der Waals surface area contributed by atoms with Crippen LogP contribution in [0.4, 0.5) is 0 Å². The van der Waals surface area contributed by atoms with Crippen LogP contribution in [0, 0.1) is 0 Å². The summed E-state index contributed by atoms with van der Waals surface area (Å²) in [6.07, 6.45) is 1.74. The number of benzene rings is 1. The zero-order valence-electron chi connectivity index (χ0n) is 13.3. The van der Waals surface area contributed by atoms with Crippen LogP contribution in [0.25, 0.3) is 0 Å². The van der Waals surface area contributed by atoms with Crippen molar-refractivity contribution < 1.29 is 9.53 Å². The average molecular weight is 372 g/mol. The number of rotatable bonds is 8. The highest BCUT2D eigenvalue weighted by atomic mass is 32.2. The monoisotopic (exact) mass is 372 g/mol. The first-order valence-corrected chi connectivity index (χ1v) is 9.43. The molecule has 6 nitrogen and oxygen atoms in total. The van der Waals surface area contributed by atoms with Crippen molar-refractivity contribution in [1.82, 2.24) is 20.5 Å². The van der Waals surface area contributed by atoms with Crippen molar-refractivity contribution in [1.29, 1.82) is 0 Å². The van der Waals surface area contributed by atoms with Gasteiger partial charge in [0.2, 0.25) is 5.91 Å². The molecule has 25 heavy (non-hydrogen) atoms. The van der Waals surface area contributed by atoms with Gasteiger partial charge in [0.1, 0.15) is 17.9 Å². The van der Waals surface area contributed by atoms with E-state index in [2.05, 4.69) is 20.5 Å². The molecule has 0 bridgehead atoms. The van der Waals surface area contributed by atoms with Gasteiger partial charge < -0.3 is 10.1 Å². The molecule has 0 aliphatic carbocycles. The topological polar surface area (TPSA) is 77.0 Å². The Labute approximate surface area is 153 Å². The number of nitrogens with zero attached hydrogens (tertiary/aromatic N) is 3. The first-order chi connectivity index (χ1) is 12.3. The molecule has 0 saturated heterocycles. The summed E-state index contributed by atoms with van der Waals surface area (Å²) in [5.41, 5.74) is 3.50. The molecule has 3 rings (SSSR count). The maximum atomic E-state index is 11.9. The molecule has 1 N–H and O–H groups in total. The summed E-state index contributed by atoms with van der Waals surface area (Å²) in [5, 5.41) is 10.5. The first-order valence-electron chi connectivity index (χ1n) is 7.57. The summed E-state index contributed by atoms with van der Waals surface area (Å²) in [6.45, 7) is 0.867. The number of ether oxygens (including phenoxy) is 1. The molecule has 1 amide bonds. The van der Waals surface area contributed by atoms with Gasteiger partial charge in [-0.15, -0.1) is 10.2 Å². The number of hydrogen-bond acceptors (Lipinski definition) is 7. The van der Waals surface area contributed by atoms with Crippen LogP contribution in [0.1, 0.15) is 11.3 Å². The molecule has 0 spiro atoms. The molecule has 0 fully saturated rings. The van der Waals surface area contributed by atoms with Gasteiger partial charge in [0.25, 0.3) is 0 Å². The molecule has 0 aliphatic heterocycles. The van der Waals surface area contributed by atoms with E-state index in [1.54, 1.807) is 11.7 Å². The third-order valence-electron chi connectivity index (χ3n) is 3.17. The molecule has 0 unspecified atom stereocenters. The molecule has 0 aliphatic rings. The van der Waals surface area contributed by atoms with Crippen LogP contribution in [-0.4, -0.2) is 26.8 Å². The number of hydrogen-bond donors (Lipinski definition) is 1. The summed E-state index contributed by atoms with van der Waals surface area (Å²) >= 11 is 2.80. The molecular formula is C17H16N4O2S2. The van der Waals surface area contributed by atoms with Gasteiger partial charge in [-0.05, 0) is 29.8 Å². The SMILES string of the molecule is O=C(CSc1nncs1)NCc1cccc(OCc2ccccn2)c1. The van der Waals surface area contributed by atoms with Crippen molar-refractivity contribution in [3.8, 4) is 5.75 Å². The lowest BCUT2D eigenvalue weighted by atomic mass is 10.2. The van der Waals surface area contributed by atoms with Crippen LogP contribution in [0.2, 0.25) is 0 Å². The van der Waals surface area contributed by atoms with Crippen LogP contribution < -0.4 is 10.1 Å². The molecule has 2 aromatic heterocycles. The van der Waals surface area contributed by atoms with Gasteiger partial charge in [-0.25, -0.2) is 0 Å². The Bertz CT molecular complexity index is 797. The second-order valence-corrected chi connectivity index (χ2v) is 7.08. The Morgan fingerprint density at radius 3 is 3.00 bits per heavy atom. The lowest BCUT2D eigenvalue weighted by Crippen LogP contribution is -2.24. The lowest BCUT2D eigenvalue weighted by molar-refractivity contribution is -0.118. The zero-order valence-corrected chi connectivity index (χ0v) is 14.9. The van der Waals surface area contributed by atoms with E-state index in [1.807, 2.05) is 42.5 Å². The van der Waals surface area contributed by atoms with Gasteiger partial charge in [0, 0.05) is 12.7 Å². The Kier molecular flexibility index (Phi) is 6.35. The quantitative estimate of drug-likeness (QED) is 0.613. The highest BCUT2D eigenvalue weighted by Gasteiger charge is 2.05. The van der Waals surface area contributed by atoms with Crippen molar-refractivity contribution in [3.05, 3.63) is 65.4 Å². The van der Waals surface area contributed by atoms with Gasteiger partial charge in [-0.3, -0.25) is 9.78 Å². The fourth-order valence-corrected chi connectivity index (χ4v) is 3.31. The lowest BCUT2D eigenvalue weighted by Gasteiger charge is -2.08. The van der Waals surface area contributed by atoms with Crippen molar-refractivity contribution in [2.24, 2.45) is 0 Å². The van der Waals surface area contributed by atoms with Gasteiger partial charge in [-0.1, -0.05) is 41.3 Å². The van der Waals surface area contributed by atoms with Gasteiger partial charge >= 0.3 is 0 Å². The second kappa shape index (κ2) is 9.14. The average Bonchev–Trinajstić information content (AvgIpc) is 3.18. The molecule has 8 heteroatoms. The minimum Gasteiger partial charge on any atom is -0.487 e. The Morgan fingerprint density at radius 2 is 2.20 bits per heavy atom. The fourth-order valence-electron chi connectivity index (χ4n) is 1.99. The van der Waals surface area contributed by atoms with Crippen molar-refractivity contribution >= 4 is 29.0 Å². The number of carbonyl (C=O) groups excluding carboxylic acids is 1. The van der Waals surface area contributed by atoms with Crippen LogP contribution in [0.15, 0.2) is 58.5 Å². The molecule has 2 heterocycles. The number of amides is 1.